The lowest BCUT2D eigenvalue weighted by Crippen LogP contribution is -3.00. The van der Waals surface area contributed by atoms with Gasteiger partial charge in [-0.15, -0.1) is 0 Å². The number of rotatable bonds is 19. The van der Waals surface area contributed by atoms with Gasteiger partial charge in [-0.05, 0) is 116 Å². The van der Waals surface area contributed by atoms with Gasteiger partial charge in [0.2, 0.25) is 53.4 Å². The van der Waals surface area contributed by atoms with Crippen molar-refractivity contribution in [1.82, 2.24) is 37.2 Å². The summed E-state index contributed by atoms with van der Waals surface area (Å²) in [5.41, 5.74) is 6.01. The third kappa shape index (κ3) is 18.7. The first kappa shape index (κ1) is 83.1. The van der Waals surface area contributed by atoms with Gasteiger partial charge in [0.1, 0.15) is 101 Å². The molecule has 7 aliphatic rings. The third-order valence-electron chi connectivity index (χ3n) is 19.2. The first-order chi connectivity index (χ1) is 50.7. The van der Waals surface area contributed by atoms with Crippen molar-refractivity contribution < 1.29 is 136 Å². The minimum absolute atomic E-state index is 0. The number of benzene rings is 5. The second kappa shape index (κ2) is 35.2. The highest BCUT2D eigenvalue weighted by Crippen LogP contribution is 2.50. The van der Waals surface area contributed by atoms with Crippen LogP contribution in [0.1, 0.15) is 144 Å². The first-order valence-electron chi connectivity index (χ1n) is 34.7. The van der Waals surface area contributed by atoms with Crippen LogP contribution in [-0.2, 0) is 52.6 Å². The van der Waals surface area contributed by atoms with Crippen LogP contribution in [0.4, 0.5) is 0 Å². The summed E-state index contributed by atoms with van der Waals surface area (Å²) in [7, 11) is 0. The molecule has 5 aromatic carbocycles. The van der Waals surface area contributed by atoms with Gasteiger partial charge >= 0.3 is 5.97 Å². The van der Waals surface area contributed by atoms with Crippen LogP contribution in [0, 0.1) is 5.92 Å². The molecule has 7 heterocycles. The Morgan fingerprint density at radius 2 is 1.32 bits per heavy atom. The summed E-state index contributed by atoms with van der Waals surface area (Å²) in [4.78, 5) is 118. The van der Waals surface area contributed by atoms with Crippen LogP contribution in [0.5, 0.6) is 46.0 Å². The molecule has 0 aromatic heterocycles. The minimum Gasteiger partial charge on any atom is -1.00 e. The van der Waals surface area contributed by atoms with Crippen LogP contribution in [0.15, 0.2) is 78.9 Å². The number of aromatic hydroxyl groups is 3. The Labute approximate surface area is 634 Å². The number of aliphatic hydroxyl groups is 6. The van der Waals surface area contributed by atoms with Gasteiger partial charge in [-0.1, -0.05) is 87.9 Å². The molecule has 0 saturated carbocycles. The predicted molar refractivity (Wildman–Crippen MR) is 376 cm³/mol. The monoisotopic (exact) mass is 1570 g/mol. The van der Waals surface area contributed by atoms with Gasteiger partial charge < -0.3 is 141 Å². The molecule has 2 saturated heterocycles. The van der Waals surface area contributed by atoms with Gasteiger partial charge in [0, 0.05) is 22.8 Å². The van der Waals surface area contributed by atoms with E-state index in [1.807, 2.05) is 13.8 Å². The molecule has 108 heavy (non-hydrogen) atoms. The Morgan fingerprint density at radius 3 is 1.93 bits per heavy atom. The Balaban J connectivity index is 0.0000135. The number of ether oxygens (including phenoxy) is 6. The molecule has 12 rings (SSSR count). The van der Waals surface area contributed by atoms with Crippen molar-refractivity contribution in [2.45, 2.75) is 195 Å². The molecule has 33 nitrogen and oxygen atoms in total. The number of nitrogens with one attached hydrogen (secondary N) is 7. The number of aliphatic carboxylic acids is 1. The molecule has 0 unspecified atom stereocenters. The van der Waals surface area contributed by atoms with E-state index in [1.54, 1.807) is 6.92 Å². The van der Waals surface area contributed by atoms with Crippen LogP contribution >= 0.6 is 23.2 Å². The highest BCUT2D eigenvalue weighted by Gasteiger charge is 2.52. The normalized spacial score (nSPS) is 28.2. The van der Waals surface area contributed by atoms with E-state index in [0.717, 1.165) is 92.4 Å². The number of hydrogen-bond acceptors (Lipinski definition) is 24. The van der Waals surface area contributed by atoms with Crippen LogP contribution in [0.3, 0.4) is 0 Å². The number of phenols is 3. The number of unbranched alkanes of at least 4 members (excludes halogenated alkanes) is 4. The highest BCUT2D eigenvalue weighted by atomic mass is 35.5. The topological polar surface area (TPSA) is 532 Å². The number of nitrogens with two attached hydrogens (primary N) is 1. The fraction of sp³-hybridized carbons (Fsp3) is 0.472. The number of carbonyl (C=O) groups is 8. The maximum absolute atomic E-state index is 16.1. The summed E-state index contributed by atoms with van der Waals surface area (Å²) >= 11 is 14.2. The maximum Gasteiger partial charge on any atom is 0.330 e. The summed E-state index contributed by atoms with van der Waals surface area (Å²) in [6.45, 7) is 8.39. The molecule has 7 amide bonds. The molecule has 0 radical (unpaired) electrons. The molecule has 2 fully saturated rings. The Kier molecular flexibility index (Phi) is 27.1. The van der Waals surface area contributed by atoms with Crippen LogP contribution < -0.4 is 75.3 Å². The summed E-state index contributed by atoms with van der Waals surface area (Å²) in [6.07, 6.45) is -13.6. The van der Waals surface area contributed by atoms with Gasteiger partial charge in [-0.25, -0.2) is 4.79 Å². The van der Waals surface area contributed by atoms with E-state index in [0.29, 0.717) is 13.0 Å². The van der Waals surface area contributed by atoms with Gasteiger partial charge in [0.15, 0.2) is 29.9 Å². The number of hydrogen-bond donors (Lipinski definition) is 19. The predicted octanol–water partition coefficient (Wildman–Crippen LogP) is -1.27. The molecule has 0 spiro atoms. The van der Waals surface area contributed by atoms with Crippen LogP contribution in [-0.4, -0.2) is 190 Å². The second-order valence-electron chi connectivity index (χ2n) is 27.9. The van der Waals surface area contributed by atoms with E-state index in [4.69, 9.17) is 57.4 Å². The molecule has 22 N–H and O–H groups in total. The highest BCUT2D eigenvalue weighted by molar-refractivity contribution is 6.32. The summed E-state index contributed by atoms with van der Waals surface area (Å²) < 4.78 is 38.6. The molecule has 7 aliphatic heterocycles. The zero-order valence-corrected chi connectivity index (χ0v) is 61.3. The van der Waals surface area contributed by atoms with E-state index >= 15 is 19.2 Å². The van der Waals surface area contributed by atoms with Gasteiger partial charge in [-0.2, -0.15) is 0 Å². The number of fused-ring (bicyclic) bond motifs is 15. The summed E-state index contributed by atoms with van der Waals surface area (Å²) in [5.74, 6) is -15.8. The average Bonchev–Trinajstić information content (AvgIpc) is 0.767. The van der Waals surface area contributed by atoms with E-state index in [9.17, 15) is 70.2 Å². The zero-order valence-electron chi connectivity index (χ0n) is 59.1. The second-order valence-corrected chi connectivity index (χ2v) is 28.8. The van der Waals surface area contributed by atoms with Gasteiger partial charge in [0.05, 0.1) is 41.6 Å². The third-order valence-corrected chi connectivity index (χ3v) is 19.8. The van der Waals surface area contributed by atoms with Gasteiger partial charge in [0.25, 0.3) is 0 Å². The van der Waals surface area contributed by atoms with Crippen molar-refractivity contribution in [3.63, 3.8) is 0 Å². The molecule has 36 heteroatoms. The van der Waals surface area contributed by atoms with E-state index in [1.165, 1.54) is 19.1 Å². The number of halogens is 3. The number of phenolic OH excluding ortho intramolecular Hbond substituents is 3. The smallest absolute Gasteiger partial charge is 0.330 e. The molecule has 0 aliphatic carbocycles. The zero-order chi connectivity index (χ0) is 77.8. The maximum atomic E-state index is 16.1. The quantitative estimate of drug-likeness (QED) is 0.0429. The lowest BCUT2D eigenvalue weighted by atomic mass is 9.86. The minimum atomic E-state index is -2.34. The number of aliphatic hydroxyl groups excluding tert-OH is 6. The van der Waals surface area contributed by atoms with Crippen molar-refractivity contribution in [1.29, 1.82) is 0 Å². The molecular formula is C72H88Cl3N9O24. The van der Waals surface area contributed by atoms with E-state index in [-0.39, 0.29) is 64.4 Å². The Hall–Kier alpha value is -8.91. The van der Waals surface area contributed by atoms with Crippen molar-refractivity contribution in [2.75, 3.05) is 13.2 Å². The van der Waals surface area contributed by atoms with Crippen molar-refractivity contribution in [3.8, 4) is 57.1 Å². The van der Waals surface area contributed by atoms with Crippen molar-refractivity contribution in [3.05, 3.63) is 117 Å². The number of carbonyl (C=O) groups excluding carboxylic acids is 7. The van der Waals surface area contributed by atoms with Crippen molar-refractivity contribution >= 4 is 70.5 Å². The lowest BCUT2D eigenvalue weighted by Gasteiger charge is -2.45. The van der Waals surface area contributed by atoms with Crippen molar-refractivity contribution in [2.24, 2.45) is 11.7 Å². The average molecular weight is 1570 g/mol. The van der Waals surface area contributed by atoms with Gasteiger partial charge in [-0.3, -0.25) is 33.6 Å². The standard InChI is InChI=1S/C72H87Cl2N9O24.ClH/c1-6-7-8-9-10-17-77-40(18-29(2)3)64(94)82-55-57(89)32-12-15-44(38(73)20-32)103-46-22-34-23-47(61(46)107-71-62(60(92)59(91)48(28-84)105-71)106-50-27-72(5,76)63(93)30(4)102-50)104-45-16-13-33(21-39(45)74)58(90)56-69(99)81-54(70(100)101)37-24-35(85)25-43(87)51(37)36-19-31(11-14-42(36)86)52(66(96)83-56)80-67(97)53(34)79-65(95)41(26-49(75)88)78-68(55)98;/h11-16,19-25,29-30,40-41,48,50,52-60,62-63,71,77,84-87,89-93H,6-10,17-18,26-28,76H2,1-5H3,(H2,75,88)(H,78,98)(H,79,95)(H,80,97)(H,81,99)(H,82,94)(H,83,96)(H,100,101);1H/t30-,40+,41-,48+,50-,52+,53-,54-,55+,56-,57+,58+,59+,60-,62+,63+,71-,72-;/m0./s1. The van der Waals surface area contributed by atoms with E-state index < -0.39 is 231 Å². The Bertz CT molecular complexity index is 4200. The molecule has 18 atom stereocenters. The van der Waals surface area contributed by atoms with Crippen LogP contribution in [0.25, 0.3) is 11.1 Å². The number of amides is 7. The number of quaternary nitrogens is 1. The summed E-state index contributed by atoms with van der Waals surface area (Å²) in [5, 5.41) is 132. The number of carboxylic acid groups (broad SMARTS) is 1. The van der Waals surface area contributed by atoms with Crippen LogP contribution in [0.2, 0.25) is 10.0 Å². The molecule has 5 aromatic rings. The molecule has 11 bridgehead atoms. The number of carboxylic acids is 1. The number of primary amides is 1. The lowest BCUT2D eigenvalue weighted by molar-refractivity contribution is -0.518. The largest absolute Gasteiger partial charge is 1.00 e. The SMILES string of the molecule is CCCCCCCN[C@H](CC(C)C)C(=O)N[C@H]1C(=O)N[C@@H](CC(N)=O)C(=O)N[C@@H]2C(=O)N[C@H]3C(=O)N[C@H](C(=O)N[C@H](C(=O)O)c4cc(O)cc(O)c4-c4cc3ccc4O)[C@H](O)c3ccc(c(Cl)c3)Oc3cc2cc(c3O[C@@H]2O[C@H](CO)[C@@H](O)[C@H](O)[C@H]2O[C@H]2C[C@](C)([NH3+])[C@H](O)[C@H](C)O2)Oc2ccc(cc2Cl)[C@H]1O.[Cl-]. The first-order valence-corrected chi connectivity index (χ1v) is 35.5. The fourth-order valence-electron chi connectivity index (χ4n) is 13.5. The fourth-order valence-corrected chi connectivity index (χ4v) is 13.9. The molecular weight excluding hydrogens is 1480 g/mol. The molecule has 586 valence electrons. The van der Waals surface area contributed by atoms with E-state index in [2.05, 4.69) is 49.9 Å². The summed E-state index contributed by atoms with van der Waals surface area (Å²) in [6, 6.07) is -0.437. The Morgan fingerprint density at radius 1 is 0.713 bits per heavy atom.